The van der Waals surface area contributed by atoms with Crippen LogP contribution in [0.25, 0.3) is 0 Å². The van der Waals surface area contributed by atoms with Gasteiger partial charge in [-0.25, -0.2) is 4.79 Å². The molecule has 4 nitrogen and oxygen atoms in total. The van der Waals surface area contributed by atoms with Crippen LogP contribution in [-0.2, 0) is 25.4 Å². The molecule has 2 atom stereocenters. The van der Waals surface area contributed by atoms with Gasteiger partial charge >= 0.3 is 5.97 Å². The maximum atomic E-state index is 13.6. The number of hydroxylamine groups is 2. The summed E-state index contributed by atoms with van der Waals surface area (Å²) in [6, 6.07) is 48.1. The number of hydrogen-bond donors (Lipinski definition) is 0. The first-order chi connectivity index (χ1) is 19.7. The molecule has 4 heteroatoms. The fraction of sp³-hybridized carbons (Fsp3) is 0.139. The average Bonchev–Trinajstić information content (AvgIpc) is 3.23. The lowest BCUT2D eigenvalue weighted by Crippen LogP contribution is -2.53. The molecule has 2 heterocycles. The highest BCUT2D eigenvalue weighted by Gasteiger charge is 2.64. The van der Waals surface area contributed by atoms with Gasteiger partial charge in [-0.1, -0.05) is 133 Å². The topological polar surface area (TPSA) is 38.8 Å². The van der Waals surface area contributed by atoms with E-state index in [1.165, 1.54) is 0 Å². The fourth-order valence-corrected chi connectivity index (χ4v) is 6.70. The van der Waals surface area contributed by atoms with Crippen molar-refractivity contribution < 1.29 is 14.4 Å². The van der Waals surface area contributed by atoms with Gasteiger partial charge in [0, 0.05) is 0 Å². The summed E-state index contributed by atoms with van der Waals surface area (Å²) in [4.78, 5) is 20.7. The molecule has 5 aromatic carbocycles. The van der Waals surface area contributed by atoms with Gasteiger partial charge in [-0.15, -0.1) is 5.06 Å². The number of hydrogen-bond acceptors (Lipinski definition) is 4. The van der Waals surface area contributed by atoms with Crippen molar-refractivity contribution in [2.45, 2.75) is 24.1 Å². The smallest absolute Gasteiger partial charge is 0.342 e. The third-order valence-electron chi connectivity index (χ3n) is 8.21. The fourth-order valence-electron chi connectivity index (χ4n) is 6.70. The molecule has 7 rings (SSSR count). The van der Waals surface area contributed by atoms with Crippen LogP contribution in [0.3, 0.4) is 0 Å². The van der Waals surface area contributed by atoms with Crippen LogP contribution in [-0.4, -0.2) is 17.6 Å². The highest BCUT2D eigenvalue weighted by Crippen LogP contribution is 2.62. The van der Waals surface area contributed by atoms with Crippen molar-refractivity contribution >= 4 is 5.97 Å². The third-order valence-corrected chi connectivity index (χ3v) is 8.21. The first-order valence-electron chi connectivity index (χ1n) is 13.7. The Balaban J connectivity index is 1.66. The molecule has 0 spiro atoms. The van der Waals surface area contributed by atoms with Crippen molar-refractivity contribution in [1.29, 1.82) is 0 Å². The van der Waals surface area contributed by atoms with Crippen LogP contribution in [0.4, 0.5) is 0 Å². The molecular weight excluding hydrogens is 494 g/mol. The third kappa shape index (κ3) is 3.30. The lowest BCUT2D eigenvalue weighted by atomic mass is 9.76. The van der Waals surface area contributed by atoms with Crippen molar-refractivity contribution in [2.75, 3.05) is 6.61 Å². The number of carbonyl (C=O) groups is 1. The predicted molar refractivity (Wildman–Crippen MR) is 154 cm³/mol. The van der Waals surface area contributed by atoms with Crippen LogP contribution in [0.2, 0.25) is 0 Å². The van der Waals surface area contributed by atoms with E-state index in [9.17, 15) is 4.79 Å². The average molecular weight is 524 g/mol. The first-order valence-corrected chi connectivity index (χ1v) is 13.7. The van der Waals surface area contributed by atoms with Gasteiger partial charge in [-0.3, -0.25) is 4.84 Å². The Bertz CT molecular complexity index is 1610. The molecule has 0 amide bonds. The minimum atomic E-state index is -0.938. The monoisotopic (exact) mass is 523 g/mol. The van der Waals surface area contributed by atoms with Gasteiger partial charge in [0.2, 0.25) is 6.10 Å². The standard InChI is InChI=1S/C36H29NO3/c1-2-39-34(38)33-26-15-14-22-30(25-26)36(29-20-10-5-11-21-29)32-24-13-12-23-31(32)35(37(36)40-33,27-16-6-3-7-17-27)28-18-8-4-9-19-28/h3-25,33H,2H2,1H3. The van der Waals surface area contributed by atoms with E-state index in [1.54, 1.807) is 0 Å². The van der Waals surface area contributed by atoms with Crippen molar-refractivity contribution in [1.82, 2.24) is 5.06 Å². The highest BCUT2D eigenvalue weighted by atomic mass is 16.7. The van der Waals surface area contributed by atoms with E-state index < -0.39 is 23.2 Å². The van der Waals surface area contributed by atoms with Gasteiger partial charge in [0.15, 0.2) is 0 Å². The van der Waals surface area contributed by atoms with Gasteiger partial charge < -0.3 is 4.74 Å². The van der Waals surface area contributed by atoms with Gasteiger partial charge in [0.05, 0.1) is 6.61 Å². The van der Waals surface area contributed by atoms with Crippen LogP contribution < -0.4 is 0 Å². The summed E-state index contributed by atoms with van der Waals surface area (Å²) >= 11 is 0. The number of esters is 1. The first kappa shape index (κ1) is 24.5. The summed E-state index contributed by atoms with van der Waals surface area (Å²) in [5.74, 6) is -0.408. The summed E-state index contributed by atoms with van der Waals surface area (Å²) < 4.78 is 5.59. The second-order valence-corrected chi connectivity index (χ2v) is 10.2. The second-order valence-electron chi connectivity index (χ2n) is 10.2. The van der Waals surface area contributed by atoms with Gasteiger partial charge in [-0.2, -0.15) is 0 Å². The summed E-state index contributed by atoms with van der Waals surface area (Å²) in [6.07, 6.45) is -0.938. The Hall–Kier alpha value is -4.51. The highest BCUT2D eigenvalue weighted by molar-refractivity contribution is 5.77. The number of nitrogens with zero attached hydrogens (tertiary/aromatic N) is 1. The zero-order valence-corrected chi connectivity index (χ0v) is 22.2. The summed E-state index contributed by atoms with van der Waals surface area (Å²) in [5, 5.41) is 2.09. The van der Waals surface area contributed by atoms with E-state index in [4.69, 9.17) is 9.57 Å². The van der Waals surface area contributed by atoms with Crippen LogP contribution in [0.5, 0.6) is 0 Å². The quantitative estimate of drug-likeness (QED) is 0.230. The minimum Gasteiger partial charge on any atom is -0.464 e. The molecule has 196 valence electrons. The zero-order valence-electron chi connectivity index (χ0n) is 22.2. The molecule has 0 saturated carbocycles. The second kappa shape index (κ2) is 9.60. The minimum absolute atomic E-state index is 0.269. The van der Waals surface area contributed by atoms with Crippen molar-refractivity contribution in [3.63, 3.8) is 0 Å². The Labute approximate surface area is 234 Å². The van der Waals surface area contributed by atoms with Gasteiger partial charge in [-0.05, 0) is 51.9 Å². The molecule has 0 N–H and O–H groups in total. The maximum absolute atomic E-state index is 13.6. The summed E-state index contributed by atoms with van der Waals surface area (Å²) in [7, 11) is 0. The molecule has 2 unspecified atom stereocenters. The van der Waals surface area contributed by atoms with E-state index in [2.05, 4.69) is 114 Å². The maximum Gasteiger partial charge on any atom is 0.342 e. The summed E-state index contributed by atoms with van der Waals surface area (Å²) in [5.41, 5.74) is 5.41. The Morgan fingerprint density at radius 1 is 0.650 bits per heavy atom. The van der Waals surface area contributed by atoms with Crippen LogP contribution in [0, 0.1) is 0 Å². The molecule has 5 aromatic rings. The summed E-state index contributed by atoms with van der Waals surface area (Å²) in [6.45, 7) is 2.09. The SMILES string of the molecule is CCOC(=O)C1ON2C(c3ccccc3)(c3ccccc3)c3ccccc3C2(c2ccccc2)c2cccc1c2. The lowest BCUT2D eigenvalue weighted by molar-refractivity contribution is -0.267. The Kier molecular flexibility index (Phi) is 5.88. The van der Waals surface area contributed by atoms with Crippen LogP contribution >= 0.6 is 0 Å². The number of ether oxygens (including phenoxy) is 1. The predicted octanol–water partition coefficient (Wildman–Crippen LogP) is 7.14. The molecule has 2 aliphatic heterocycles. The lowest BCUT2D eigenvalue weighted by Gasteiger charge is -2.47. The van der Waals surface area contributed by atoms with Crippen molar-refractivity contribution in [2.24, 2.45) is 0 Å². The number of fused-ring (bicyclic) bond motifs is 6. The molecule has 0 fully saturated rings. The molecule has 0 aromatic heterocycles. The number of benzene rings is 5. The van der Waals surface area contributed by atoms with E-state index >= 15 is 0 Å². The molecule has 2 bridgehead atoms. The van der Waals surface area contributed by atoms with Crippen LogP contribution in [0.15, 0.2) is 140 Å². The number of rotatable bonds is 5. The van der Waals surface area contributed by atoms with Gasteiger partial charge in [0.1, 0.15) is 11.1 Å². The number of carbonyl (C=O) groups excluding carboxylic acids is 1. The van der Waals surface area contributed by atoms with Crippen molar-refractivity contribution in [3.05, 3.63) is 178 Å². The molecule has 0 aliphatic carbocycles. The molecule has 40 heavy (non-hydrogen) atoms. The molecule has 2 aliphatic rings. The Morgan fingerprint density at radius 2 is 1.10 bits per heavy atom. The largest absolute Gasteiger partial charge is 0.464 e. The molecular formula is C36H29NO3. The molecule has 0 saturated heterocycles. The van der Waals surface area contributed by atoms with E-state index in [1.807, 2.05) is 37.3 Å². The van der Waals surface area contributed by atoms with Gasteiger partial charge in [0.25, 0.3) is 0 Å². The van der Waals surface area contributed by atoms with E-state index in [0.717, 1.165) is 38.9 Å². The van der Waals surface area contributed by atoms with Crippen molar-refractivity contribution in [3.8, 4) is 0 Å². The molecule has 0 radical (unpaired) electrons. The van der Waals surface area contributed by atoms with E-state index in [0.29, 0.717) is 0 Å². The van der Waals surface area contributed by atoms with Crippen LogP contribution in [0.1, 0.15) is 52.0 Å². The Morgan fingerprint density at radius 3 is 1.60 bits per heavy atom. The normalized spacial score (nSPS) is 20.7. The van der Waals surface area contributed by atoms with E-state index in [-0.39, 0.29) is 6.61 Å². The zero-order chi connectivity index (χ0) is 27.2.